The van der Waals surface area contributed by atoms with E-state index >= 15 is 0 Å². The van der Waals surface area contributed by atoms with Crippen LogP contribution in [0.5, 0.6) is 0 Å². The first kappa shape index (κ1) is 20.3. The van der Waals surface area contributed by atoms with Crippen LogP contribution in [-0.2, 0) is 19.5 Å². The normalized spacial score (nSPS) is 10.4. The number of hydrogen-bond donors (Lipinski definition) is 0. The molecule has 6 nitrogen and oxygen atoms in total. The Kier molecular flexibility index (Phi) is 9.29. The Morgan fingerprint density at radius 3 is 1.95 bits per heavy atom. The van der Waals surface area contributed by atoms with E-state index in [2.05, 4.69) is 62.2 Å². The van der Waals surface area contributed by atoms with Gasteiger partial charge in [-0.3, -0.25) is 9.36 Å². The van der Waals surface area contributed by atoms with Crippen molar-refractivity contribution in [2.45, 2.75) is 74.4 Å². The predicted octanol–water partition coefficient (Wildman–Crippen LogP) is 3.55. The zero-order valence-electron chi connectivity index (χ0n) is 14.1. The summed E-state index contributed by atoms with van der Waals surface area (Å²) in [5, 5.41) is 15.9. The summed E-state index contributed by atoms with van der Waals surface area (Å²) in [6, 6.07) is 0. The summed E-state index contributed by atoms with van der Waals surface area (Å²) in [4.78, 5) is 0. The maximum Gasteiger partial charge on any atom is 0.0852 e. The highest BCUT2D eigenvalue weighted by Gasteiger charge is 2.02. The van der Waals surface area contributed by atoms with Crippen molar-refractivity contribution in [1.29, 1.82) is 0 Å². The summed E-state index contributed by atoms with van der Waals surface area (Å²) in [7, 11) is 0. The maximum absolute atomic E-state index is 4.00. The standard InChI is InChI=1S/C8H15N3.C7H13N3.CH4/c1-4-8-6-11(10-9-8)5-7(2)3;1-4-10-5-7(6(2)3)8-9-10;/h6-7H,4-5H2,1-3H3;5-6H,4H2,1-3H3;1H4. The molecule has 6 heteroatoms. The van der Waals surface area contributed by atoms with Crippen molar-refractivity contribution in [3.63, 3.8) is 0 Å². The van der Waals surface area contributed by atoms with Gasteiger partial charge < -0.3 is 0 Å². The van der Waals surface area contributed by atoms with Crippen LogP contribution in [0.2, 0.25) is 0 Å². The van der Waals surface area contributed by atoms with Gasteiger partial charge in [-0.05, 0) is 25.2 Å². The van der Waals surface area contributed by atoms with Crippen LogP contribution in [0.3, 0.4) is 0 Å². The highest BCUT2D eigenvalue weighted by atomic mass is 15.4. The molecule has 0 aromatic carbocycles. The summed E-state index contributed by atoms with van der Waals surface area (Å²) in [6.07, 6.45) is 4.97. The lowest BCUT2D eigenvalue weighted by Crippen LogP contribution is -2.04. The Labute approximate surface area is 134 Å². The quantitative estimate of drug-likeness (QED) is 0.847. The molecule has 0 radical (unpaired) electrons. The third-order valence-corrected chi connectivity index (χ3v) is 2.97. The third-order valence-electron chi connectivity index (χ3n) is 2.97. The minimum Gasteiger partial charge on any atom is -0.253 e. The summed E-state index contributed by atoms with van der Waals surface area (Å²) in [6.45, 7) is 14.6. The van der Waals surface area contributed by atoms with Gasteiger partial charge in [0.05, 0.1) is 11.4 Å². The molecular weight excluding hydrogens is 276 g/mol. The van der Waals surface area contributed by atoms with Gasteiger partial charge in [-0.15, -0.1) is 10.2 Å². The van der Waals surface area contributed by atoms with E-state index in [9.17, 15) is 0 Å². The first-order chi connectivity index (χ1) is 9.96. The van der Waals surface area contributed by atoms with Crippen LogP contribution >= 0.6 is 0 Å². The lowest BCUT2D eigenvalue weighted by atomic mass is 10.2. The second-order valence-corrected chi connectivity index (χ2v) is 5.83. The van der Waals surface area contributed by atoms with E-state index in [1.807, 2.05) is 21.8 Å². The predicted molar refractivity (Wildman–Crippen MR) is 90.8 cm³/mol. The van der Waals surface area contributed by atoms with Gasteiger partial charge in [-0.2, -0.15) is 0 Å². The van der Waals surface area contributed by atoms with Crippen LogP contribution in [0.4, 0.5) is 0 Å². The van der Waals surface area contributed by atoms with E-state index in [0.717, 1.165) is 30.9 Å². The zero-order chi connectivity index (χ0) is 15.8. The minimum absolute atomic E-state index is 0. The highest BCUT2D eigenvalue weighted by Crippen LogP contribution is 2.08. The highest BCUT2D eigenvalue weighted by molar-refractivity contribution is 4.97. The third kappa shape index (κ3) is 6.83. The monoisotopic (exact) mass is 308 g/mol. The molecule has 0 amide bonds. The van der Waals surface area contributed by atoms with Gasteiger partial charge in [0.15, 0.2) is 0 Å². The Bertz CT molecular complexity index is 512. The molecule has 0 saturated heterocycles. The zero-order valence-corrected chi connectivity index (χ0v) is 14.1. The van der Waals surface area contributed by atoms with Crippen molar-refractivity contribution in [2.75, 3.05) is 0 Å². The number of rotatable bonds is 5. The summed E-state index contributed by atoms with van der Waals surface area (Å²) in [5.74, 6) is 1.13. The van der Waals surface area contributed by atoms with Crippen LogP contribution in [0.15, 0.2) is 12.4 Å². The van der Waals surface area contributed by atoms with Crippen molar-refractivity contribution in [3.8, 4) is 0 Å². The van der Waals surface area contributed by atoms with Crippen LogP contribution in [0.25, 0.3) is 0 Å². The van der Waals surface area contributed by atoms with Crippen molar-refractivity contribution in [1.82, 2.24) is 30.0 Å². The van der Waals surface area contributed by atoms with Crippen molar-refractivity contribution in [2.24, 2.45) is 5.92 Å². The molecule has 0 N–H and O–H groups in total. The lowest BCUT2D eigenvalue weighted by Gasteiger charge is -2.01. The summed E-state index contributed by atoms with van der Waals surface area (Å²) in [5.41, 5.74) is 2.15. The van der Waals surface area contributed by atoms with E-state index in [1.165, 1.54) is 0 Å². The number of aromatic nitrogens is 6. The molecule has 126 valence electrons. The molecule has 2 aromatic rings. The summed E-state index contributed by atoms with van der Waals surface area (Å²) < 4.78 is 3.75. The van der Waals surface area contributed by atoms with Crippen LogP contribution in [0.1, 0.15) is 66.3 Å². The average molecular weight is 308 g/mol. The maximum atomic E-state index is 4.00. The van der Waals surface area contributed by atoms with Gasteiger partial charge in [0.1, 0.15) is 0 Å². The molecule has 0 aliphatic heterocycles. The van der Waals surface area contributed by atoms with Gasteiger partial charge in [-0.25, -0.2) is 0 Å². The smallest absolute Gasteiger partial charge is 0.0852 e. The largest absolute Gasteiger partial charge is 0.253 e. The molecule has 0 saturated carbocycles. The first-order valence-corrected chi connectivity index (χ1v) is 7.75. The first-order valence-electron chi connectivity index (χ1n) is 7.75. The van der Waals surface area contributed by atoms with E-state index in [4.69, 9.17) is 0 Å². The molecule has 0 spiro atoms. The SMILES string of the molecule is C.CCc1cn(CC(C)C)nn1.CCn1cc(C(C)C)nn1. The van der Waals surface area contributed by atoms with E-state index in [0.29, 0.717) is 11.8 Å². The molecule has 0 aliphatic carbocycles. The molecule has 0 fully saturated rings. The molecule has 2 heterocycles. The fourth-order valence-corrected chi connectivity index (χ4v) is 1.70. The lowest BCUT2D eigenvalue weighted by molar-refractivity contribution is 0.472. The molecule has 0 aliphatic rings. The second-order valence-electron chi connectivity index (χ2n) is 5.83. The van der Waals surface area contributed by atoms with Crippen molar-refractivity contribution >= 4 is 0 Å². The van der Waals surface area contributed by atoms with Crippen molar-refractivity contribution < 1.29 is 0 Å². The minimum atomic E-state index is 0. The van der Waals surface area contributed by atoms with E-state index in [1.54, 1.807) is 0 Å². The summed E-state index contributed by atoms with van der Waals surface area (Å²) >= 11 is 0. The molecule has 0 unspecified atom stereocenters. The molecule has 0 bridgehead atoms. The average Bonchev–Trinajstić information content (AvgIpc) is 3.07. The fourth-order valence-electron chi connectivity index (χ4n) is 1.70. The Balaban J connectivity index is 0.000000385. The number of aryl methyl sites for hydroxylation is 2. The van der Waals surface area contributed by atoms with Gasteiger partial charge in [0, 0.05) is 25.5 Å². The molecule has 22 heavy (non-hydrogen) atoms. The molecule has 2 rings (SSSR count). The van der Waals surface area contributed by atoms with Crippen LogP contribution < -0.4 is 0 Å². The Morgan fingerprint density at radius 2 is 1.59 bits per heavy atom. The van der Waals surface area contributed by atoms with Crippen LogP contribution in [-0.4, -0.2) is 30.0 Å². The Morgan fingerprint density at radius 1 is 0.955 bits per heavy atom. The molecule has 0 atom stereocenters. The van der Waals surface area contributed by atoms with Gasteiger partial charge in [0.2, 0.25) is 0 Å². The van der Waals surface area contributed by atoms with Crippen molar-refractivity contribution in [3.05, 3.63) is 23.8 Å². The van der Waals surface area contributed by atoms with Gasteiger partial charge in [0.25, 0.3) is 0 Å². The number of nitrogens with zero attached hydrogens (tertiary/aromatic N) is 6. The molecular formula is C16H32N6. The molecule has 2 aromatic heterocycles. The second kappa shape index (κ2) is 10.1. The van der Waals surface area contributed by atoms with Gasteiger partial charge in [-0.1, -0.05) is 52.5 Å². The Hall–Kier alpha value is -1.72. The topological polar surface area (TPSA) is 61.4 Å². The van der Waals surface area contributed by atoms with E-state index < -0.39 is 0 Å². The van der Waals surface area contributed by atoms with Crippen LogP contribution in [0, 0.1) is 5.92 Å². The fraction of sp³-hybridized carbons (Fsp3) is 0.750. The van der Waals surface area contributed by atoms with Gasteiger partial charge >= 0.3 is 0 Å². The van der Waals surface area contributed by atoms with E-state index in [-0.39, 0.29) is 7.43 Å². The number of hydrogen-bond acceptors (Lipinski definition) is 4.